The van der Waals surface area contributed by atoms with E-state index >= 15 is 0 Å². The highest BCUT2D eigenvalue weighted by Crippen LogP contribution is 2.15. The maximum Gasteiger partial charge on any atom is 0.278 e. The van der Waals surface area contributed by atoms with Crippen LogP contribution in [0.25, 0.3) is 0 Å². The monoisotopic (exact) mass is 248 g/mol. The molecule has 2 rings (SSSR count). The zero-order chi connectivity index (χ0) is 12.8. The van der Waals surface area contributed by atoms with Crippen molar-refractivity contribution in [3.8, 4) is 0 Å². The predicted octanol–water partition coefficient (Wildman–Crippen LogP) is 1.92. The molecule has 0 radical (unpaired) electrons. The fraction of sp³-hybridized carbons (Fsp3) is 0.417. The lowest BCUT2D eigenvalue weighted by Crippen LogP contribution is -2.38. The summed E-state index contributed by atoms with van der Waals surface area (Å²) in [6, 6.07) is 6.56. The molecule has 1 heterocycles. The number of benzene rings is 1. The minimum Gasteiger partial charge on any atom is -0.258 e. The number of rotatable bonds is 4. The van der Waals surface area contributed by atoms with E-state index in [1.807, 2.05) is 5.01 Å². The molecule has 0 amide bonds. The Bertz CT molecular complexity index is 441. The van der Waals surface area contributed by atoms with Crippen LogP contribution in [0.1, 0.15) is 24.8 Å². The molecule has 0 atom stereocenters. The SMILES string of the molecule is O=[N+]([O-])c1ccccc1/C=N/NN1CCCCC1. The van der Waals surface area contributed by atoms with E-state index in [2.05, 4.69) is 10.6 Å². The van der Waals surface area contributed by atoms with Gasteiger partial charge < -0.3 is 0 Å². The molecule has 0 aliphatic carbocycles. The molecule has 0 spiro atoms. The quantitative estimate of drug-likeness (QED) is 0.502. The van der Waals surface area contributed by atoms with Gasteiger partial charge in [0.2, 0.25) is 0 Å². The minimum atomic E-state index is -0.401. The van der Waals surface area contributed by atoms with Gasteiger partial charge in [0, 0.05) is 19.2 Å². The molecule has 6 nitrogen and oxygen atoms in total. The number of hydrazone groups is 1. The first-order valence-corrected chi connectivity index (χ1v) is 6.04. The Labute approximate surface area is 105 Å². The first-order valence-electron chi connectivity index (χ1n) is 6.04. The van der Waals surface area contributed by atoms with Crippen molar-refractivity contribution in [2.24, 2.45) is 5.10 Å². The van der Waals surface area contributed by atoms with Crippen molar-refractivity contribution in [1.82, 2.24) is 10.5 Å². The number of nitro benzene ring substituents is 1. The van der Waals surface area contributed by atoms with Crippen molar-refractivity contribution < 1.29 is 4.92 Å². The third kappa shape index (κ3) is 3.27. The van der Waals surface area contributed by atoms with Crippen LogP contribution in [0.5, 0.6) is 0 Å². The van der Waals surface area contributed by atoms with Crippen molar-refractivity contribution >= 4 is 11.9 Å². The molecule has 1 aliphatic rings. The van der Waals surface area contributed by atoms with E-state index in [-0.39, 0.29) is 5.69 Å². The van der Waals surface area contributed by atoms with Crippen LogP contribution in [0, 0.1) is 10.1 Å². The summed E-state index contributed by atoms with van der Waals surface area (Å²) >= 11 is 0. The third-order valence-electron chi connectivity index (χ3n) is 2.89. The first kappa shape index (κ1) is 12.5. The van der Waals surface area contributed by atoms with E-state index in [9.17, 15) is 10.1 Å². The molecular weight excluding hydrogens is 232 g/mol. The number of nitro groups is 1. The summed E-state index contributed by atoms with van der Waals surface area (Å²) in [6.07, 6.45) is 5.07. The highest BCUT2D eigenvalue weighted by atomic mass is 16.6. The topological polar surface area (TPSA) is 70.8 Å². The number of para-hydroxylation sites is 1. The summed E-state index contributed by atoms with van der Waals surface area (Å²) in [6.45, 7) is 1.93. The van der Waals surface area contributed by atoms with Gasteiger partial charge in [0.1, 0.15) is 0 Å². The molecule has 6 heteroatoms. The van der Waals surface area contributed by atoms with Gasteiger partial charge >= 0.3 is 0 Å². The predicted molar refractivity (Wildman–Crippen MR) is 69.3 cm³/mol. The Hall–Kier alpha value is -1.95. The molecule has 1 saturated heterocycles. The molecule has 18 heavy (non-hydrogen) atoms. The molecule has 1 aliphatic heterocycles. The van der Waals surface area contributed by atoms with Crippen molar-refractivity contribution in [1.29, 1.82) is 0 Å². The van der Waals surface area contributed by atoms with Gasteiger partial charge in [-0.2, -0.15) is 5.10 Å². The summed E-state index contributed by atoms with van der Waals surface area (Å²) in [5, 5.41) is 16.9. The highest BCUT2D eigenvalue weighted by molar-refractivity contribution is 5.84. The molecule has 0 unspecified atom stereocenters. The average molecular weight is 248 g/mol. The Morgan fingerprint density at radius 3 is 2.72 bits per heavy atom. The number of hydrogen-bond donors (Lipinski definition) is 1. The van der Waals surface area contributed by atoms with Crippen LogP contribution >= 0.6 is 0 Å². The van der Waals surface area contributed by atoms with Crippen LogP contribution in [-0.4, -0.2) is 29.2 Å². The average Bonchev–Trinajstić information content (AvgIpc) is 2.40. The van der Waals surface area contributed by atoms with E-state index in [0.29, 0.717) is 5.56 Å². The van der Waals surface area contributed by atoms with E-state index in [1.165, 1.54) is 18.7 Å². The Morgan fingerprint density at radius 1 is 1.28 bits per heavy atom. The van der Waals surface area contributed by atoms with E-state index < -0.39 is 4.92 Å². The van der Waals surface area contributed by atoms with Crippen molar-refractivity contribution in [3.63, 3.8) is 0 Å². The number of hydrazine groups is 1. The van der Waals surface area contributed by atoms with Gasteiger partial charge in [0.15, 0.2) is 0 Å². The molecule has 0 aromatic heterocycles. The summed E-state index contributed by atoms with van der Waals surface area (Å²) in [4.78, 5) is 10.4. The zero-order valence-electron chi connectivity index (χ0n) is 10.1. The molecule has 1 aromatic rings. The Morgan fingerprint density at radius 2 is 2.00 bits per heavy atom. The molecule has 0 saturated carbocycles. The fourth-order valence-electron chi connectivity index (χ4n) is 1.94. The van der Waals surface area contributed by atoms with Crippen LogP contribution in [0.15, 0.2) is 29.4 Å². The molecular formula is C12H16N4O2. The van der Waals surface area contributed by atoms with Gasteiger partial charge in [-0.1, -0.05) is 18.6 Å². The summed E-state index contributed by atoms with van der Waals surface area (Å²) in [5.74, 6) is 0. The zero-order valence-corrected chi connectivity index (χ0v) is 10.1. The second kappa shape index (κ2) is 6.11. The lowest BCUT2D eigenvalue weighted by Gasteiger charge is -2.24. The number of piperidine rings is 1. The maximum absolute atomic E-state index is 10.8. The van der Waals surface area contributed by atoms with Crippen LogP contribution < -0.4 is 5.53 Å². The van der Waals surface area contributed by atoms with Gasteiger partial charge in [0.05, 0.1) is 16.7 Å². The molecule has 1 N–H and O–H groups in total. The summed E-state index contributed by atoms with van der Waals surface area (Å²) in [5.41, 5.74) is 3.49. The van der Waals surface area contributed by atoms with E-state index in [1.54, 1.807) is 18.2 Å². The Kier molecular flexibility index (Phi) is 4.25. The molecule has 96 valence electrons. The summed E-state index contributed by atoms with van der Waals surface area (Å²) < 4.78 is 0. The third-order valence-corrected chi connectivity index (χ3v) is 2.89. The van der Waals surface area contributed by atoms with Gasteiger partial charge in [0.25, 0.3) is 5.69 Å². The van der Waals surface area contributed by atoms with Crippen LogP contribution in [0.2, 0.25) is 0 Å². The second-order valence-corrected chi connectivity index (χ2v) is 4.22. The van der Waals surface area contributed by atoms with Gasteiger partial charge in [-0.3, -0.25) is 10.1 Å². The highest BCUT2D eigenvalue weighted by Gasteiger charge is 2.11. The molecule has 1 fully saturated rings. The van der Waals surface area contributed by atoms with Crippen LogP contribution in [-0.2, 0) is 0 Å². The fourth-order valence-corrected chi connectivity index (χ4v) is 1.94. The Balaban J connectivity index is 1.97. The lowest BCUT2D eigenvalue weighted by atomic mass is 10.2. The van der Waals surface area contributed by atoms with Crippen molar-refractivity contribution in [3.05, 3.63) is 39.9 Å². The first-order chi connectivity index (χ1) is 8.77. The standard InChI is InChI=1S/C12H16N4O2/c17-16(18)12-7-3-2-6-11(12)10-13-14-15-8-4-1-5-9-15/h2-3,6-7,10,14H,1,4-5,8-9H2/b13-10+. The number of hydrogen-bond acceptors (Lipinski definition) is 5. The van der Waals surface area contributed by atoms with Crippen molar-refractivity contribution in [2.75, 3.05) is 13.1 Å². The second-order valence-electron chi connectivity index (χ2n) is 4.22. The van der Waals surface area contributed by atoms with Gasteiger partial charge in [-0.05, 0) is 18.9 Å². The van der Waals surface area contributed by atoms with Gasteiger partial charge in [-0.25, -0.2) is 10.5 Å². The van der Waals surface area contributed by atoms with Gasteiger partial charge in [-0.15, -0.1) is 0 Å². The van der Waals surface area contributed by atoms with E-state index in [4.69, 9.17) is 0 Å². The number of nitrogens with zero attached hydrogens (tertiary/aromatic N) is 3. The molecule has 0 bridgehead atoms. The van der Waals surface area contributed by atoms with E-state index in [0.717, 1.165) is 25.9 Å². The smallest absolute Gasteiger partial charge is 0.258 e. The normalized spacial score (nSPS) is 16.9. The largest absolute Gasteiger partial charge is 0.278 e. The van der Waals surface area contributed by atoms with Crippen molar-refractivity contribution in [2.45, 2.75) is 19.3 Å². The molecule has 1 aromatic carbocycles. The summed E-state index contributed by atoms with van der Waals surface area (Å²) in [7, 11) is 0. The number of nitrogens with one attached hydrogen (secondary N) is 1. The lowest BCUT2D eigenvalue weighted by molar-refractivity contribution is -0.385. The maximum atomic E-state index is 10.8. The minimum absolute atomic E-state index is 0.0710. The van der Waals surface area contributed by atoms with Crippen LogP contribution in [0.3, 0.4) is 0 Å². The van der Waals surface area contributed by atoms with Crippen LogP contribution in [0.4, 0.5) is 5.69 Å².